The first-order valence-corrected chi connectivity index (χ1v) is 5.34. The molecule has 1 N–H and O–H groups in total. The Morgan fingerprint density at radius 3 is 3.00 bits per heavy atom. The van der Waals surface area contributed by atoms with Gasteiger partial charge in [0.15, 0.2) is 4.77 Å². The number of anilines is 1. The minimum atomic E-state index is 0.462. The number of allylic oxidation sites excluding steroid dienone is 1. The van der Waals surface area contributed by atoms with Gasteiger partial charge in [-0.15, -0.1) is 5.10 Å². The Labute approximate surface area is 100.0 Å². The zero-order chi connectivity index (χ0) is 12.1. The van der Waals surface area contributed by atoms with Crippen LogP contribution >= 0.6 is 12.2 Å². The van der Waals surface area contributed by atoms with Crippen molar-refractivity contribution in [2.24, 2.45) is 0 Å². The number of nitrogens with one attached hydrogen (secondary N) is 1. The van der Waals surface area contributed by atoms with Crippen molar-refractivity contribution in [3.63, 3.8) is 0 Å². The molecule has 0 amide bonds. The summed E-state index contributed by atoms with van der Waals surface area (Å²) in [7, 11) is 1.89. The van der Waals surface area contributed by atoms with Crippen LogP contribution in [0.3, 0.4) is 0 Å². The Kier molecular flexibility index (Phi) is 4.26. The first-order valence-electron chi connectivity index (χ1n) is 4.94. The molecular formula is C10H15N5S. The van der Waals surface area contributed by atoms with Gasteiger partial charge < -0.3 is 4.90 Å². The van der Waals surface area contributed by atoms with E-state index < -0.39 is 0 Å². The van der Waals surface area contributed by atoms with E-state index >= 15 is 0 Å². The maximum atomic E-state index is 8.54. The van der Waals surface area contributed by atoms with Crippen molar-refractivity contribution in [2.45, 2.75) is 19.9 Å². The molecule has 6 heteroatoms. The fourth-order valence-corrected chi connectivity index (χ4v) is 1.52. The number of nitriles is 1. The molecule has 0 aliphatic rings. The predicted molar refractivity (Wildman–Crippen MR) is 65.7 cm³/mol. The molecule has 0 radical (unpaired) electrons. The van der Waals surface area contributed by atoms with Crippen molar-refractivity contribution in [2.75, 3.05) is 18.5 Å². The van der Waals surface area contributed by atoms with Crippen LogP contribution in [-0.4, -0.2) is 28.4 Å². The monoisotopic (exact) mass is 237 g/mol. The normalized spacial score (nSPS) is 9.81. The third-order valence-corrected chi connectivity index (χ3v) is 2.38. The highest BCUT2D eigenvalue weighted by Gasteiger charge is 2.10. The second-order valence-corrected chi connectivity index (χ2v) is 4.09. The first-order chi connectivity index (χ1) is 7.56. The summed E-state index contributed by atoms with van der Waals surface area (Å²) in [5.74, 6) is 0.739. The maximum absolute atomic E-state index is 8.54. The van der Waals surface area contributed by atoms with E-state index in [9.17, 15) is 0 Å². The van der Waals surface area contributed by atoms with Gasteiger partial charge in [0.25, 0.3) is 0 Å². The molecule has 0 spiro atoms. The molecule has 5 nitrogen and oxygen atoms in total. The molecule has 1 rings (SSSR count). The first kappa shape index (κ1) is 12.5. The van der Waals surface area contributed by atoms with Gasteiger partial charge in [0.1, 0.15) is 0 Å². The van der Waals surface area contributed by atoms with Gasteiger partial charge in [0.2, 0.25) is 5.95 Å². The fraction of sp³-hybridized carbons (Fsp3) is 0.500. The van der Waals surface area contributed by atoms with Crippen LogP contribution < -0.4 is 4.90 Å². The quantitative estimate of drug-likeness (QED) is 0.627. The molecule has 16 heavy (non-hydrogen) atoms. The summed E-state index contributed by atoms with van der Waals surface area (Å²) in [6, 6.07) is 2.10. The molecule has 86 valence electrons. The molecule has 0 saturated heterocycles. The summed E-state index contributed by atoms with van der Waals surface area (Å²) in [6.07, 6.45) is 0.462. The summed E-state index contributed by atoms with van der Waals surface area (Å²) in [4.78, 5) is 1.90. The van der Waals surface area contributed by atoms with Crippen LogP contribution in [0.25, 0.3) is 0 Å². The average Bonchev–Trinajstić information content (AvgIpc) is 2.56. The van der Waals surface area contributed by atoms with Gasteiger partial charge >= 0.3 is 0 Å². The van der Waals surface area contributed by atoms with E-state index in [0.717, 1.165) is 11.5 Å². The molecule has 1 heterocycles. The lowest BCUT2D eigenvalue weighted by Crippen LogP contribution is -2.22. The molecule has 0 atom stereocenters. The molecule has 0 aromatic carbocycles. The van der Waals surface area contributed by atoms with Crippen LogP contribution in [0, 0.1) is 16.1 Å². The molecule has 0 aliphatic carbocycles. The number of aromatic nitrogens is 3. The third-order valence-electron chi connectivity index (χ3n) is 2.07. The van der Waals surface area contributed by atoms with Crippen LogP contribution in [0.15, 0.2) is 12.2 Å². The molecule has 0 bridgehead atoms. The Morgan fingerprint density at radius 2 is 2.44 bits per heavy atom. The standard InChI is InChI=1S/C10H15N5S/c1-8(2)7-15-9(12-13-10(15)16)14(3)6-4-5-11/h1,4,6-7H2,2-3H3,(H,13,16). The molecule has 0 unspecified atom stereocenters. The highest BCUT2D eigenvalue weighted by atomic mass is 32.1. The second-order valence-electron chi connectivity index (χ2n) is 3.70. The van der Waals surface area contributed by atoms with E-state index in [2.05, 4.69) is 22.8 Å². The number of H-pyrrole nitrogens is 1. The number of hydrogen-bond acceptors (Lipinski definition) is 4. The average molecular weight is 237 g/mol. The summed E-state index contributed by atoms with van der Waals surface area (Å²) in [6.45, 7) is 7.06. The molecule has 1 aromatic rings. The largest absolute Gasteiger partial charge is 0.343 e. The molecule has 1 aromatic heterocycles. The number of rotatable bonds is 5. The fourth-order valence-electron chi connectivity index (χ4n) is 1.33. The van der Waals surface area contributed by atoms with Crippen molar-refractivity contribution in [1.29, 1.82) is 5.26 Å². The smallest absolute Gasteiger partial charge is 0.225 e. The van der Waals surface area contributed by atoms with Gasteiger partial charge in [-0.2, -0.15) is 5.26 Å². The van der Waals surface area contributed by atoms with E-state index in [-0.39, 0.29) is 0 Å². The highest BCUT2D eigenvalue weighted by Crippen LogP contribution is 2.11. The van der Waals surface area contributed by atoms with Gasteiger partial charge in [0, 0.05) is 20.1 Å². The summed E-state index contributed by atoms with van der Waals surface area (Å²) < 4.78 is 2.44. The lowest BCUT2D eigenvalue weighted by Gasteiger charge is -2.17. The van der Waals surface area contributed by atoms with E-state index in [0.29, 0.717) is 24.3 Å². The molecule has 0 saturated carbocycles. The van der Waals surface area contributed by atoms with Gasteiger partial charge in [-0.05, 0) is 19.1 Å². The SMILES string of the molecule is C=C(C)Cn1c(N(C)CCC#N)n[nH]c1=S. The Balaban J connectivity index is 2.92. The van der Waals surface area contributed by atoms with Crippen molar-refractivity contribution in [3.8, 4) is 6.07 Å². The third kappa shape index (κ3) is 2.94. The number of nitrogens with zero attached hydrogens (tertiary/aromatic N) is 4. The van der Waals surface area contributed by atoms with Crippen LogP contribution in [0.1, 0.15) is 13.3 Å². The Bertz CT molecular complexity index is 464. The molecular weight excluding hydrogens is 222 g/mol. The zero-order valence-electron chi connectivity index (χ0n) is 9.53. The Morgan fingerprint density at radius 1 is 1.75 bits per heavy atom. The van der Waals surface area contributed by atoms with Crippen LogP contribution in [0.2, 0.25) is 0 Å². The lowest BCUT2D eigenvalue weighted by atomic mass is 10.3. The molecule has 0 aliphatic heterocycles. The van der Waals surface area contributed by atoms with E-state index in [1.54, 1.807) is 0 Å². The second kappa shape index (κ2) is 5.47. The summed E-state index contributed by atoms with van der Waals surface area (Å²) >= 11 is 5.14. The van der Waals surface area contributed by atoms with Gasteiger partial charge in [0.05, 0.1) is 12.5 Å². The van der Waals surface area contributed by atoms with E-state index in [1.807, 2.05) is 23.4 Å². The Hall–Kier alpha value is -1.61. The molecule has 0 fully saturated rings. The van der Waals surface area contributed by atoms with Crippen LogP contribution in [0.5, 0.6) is 0 Å². The van der Waals surface area contributed by atoms with Crippen molar-refractivity contribution >= 4 is 18.2 Å². The van der Waals surface area contributed by atoms with Crippen LogP contribution in [0.4, 0.5) is 5.95 Å². The van der Waals surface area contributed by atoms with Crippen LogP contribution in [-0.2, 0) is 6.54 Å². The highest BCUT2D eigenvalue weighted by molar-refractivity contribution is 7.71. The van der Waals surface area contributed by atoms with Gasteiger partial charge in [-0.3, -0.25) is 4.57 Å². The van der Waals surface area contributed by atoms with Crippen molar-refractivity contribution in [1.82, 2.24) is 14.8 Å². The topological polar surface area (TPSA) is 60.6 Å². The minimum Gasteiger partial charge on any atom is -0.343 e. The summed E-state index contributed by atoms with van der Waals surface area (Å²) in [5, 5.41) is 15.4. The predicted octanol–water partition coefficient (Wildman–Crippen LogP) is 1.87. The number of hydrogen-bond donors (Lipinski definition) is 1. The van der Waals surface area contributed by atoms with E-state index in [1.165, 1.54) is 0 Å². The van der Waals surface area contributed by atoms with Crippen molar-refractivity contribution < 1.29 is 0 Å². The summed E-state index contributed by atoms with van der Waals surface area (Å²) in [5.41, 5.74) is 1.01. The van der Waals surface area contributed by atoms with Gasteiger partial charge in [-0.1, -0.05) is 12.2 Å². The van der Waals surface area contributed by atoms with Crippen molar-refractivity contribution in [3.05, 3.63) is 16.9 Å². The number of aromatic amines is 1. The van der Waals surface area contributed by atoms with E-state index in [4.69, 9.17) is 17.5 Å². The minimum absolute atomic E-state index is 0.462. The van der Waals surface area contributed by atoms with Gasteiger partial charge in [-0.25, -0.2) is 5.10 Å². The lowest BCUT2D eigenvalue weighted by molar-refractivity contribution is 0.735. The maximum Gasteiger partial charge on any atom is 0.225 e. The zero-order valence-corrected chi connectivity index (χ0v) is 10.3.